The molecule has 0 unspecified atom stereocenters. The van der Waals surface area contributed by atoms with E-state index in [1.54, 1.807) is 42.4 Å². The second-order valence-electron chi connectivity index (χ2n) is 9.35. The highest BCUT2D eigenvalue weighted by molar-refractivity contribution is 5.78. The van der Waals surface area contributed by atoms with Crippen LogP contribution in [0.3, 0.4) is 0 Å². The normalized spacial score (nSPS) is 12.4. The first kappa shape index (κ1) is 25.2. The number of carbonyl (C=O) groups is 1. The van der Waals surface area contributed by atoms with Gasteiger partial charge in [0.2, 0.25) is 5.91 Å². The summed E-state index contributed by atoms with van der Waals surface area (Å²) in [7, 11) is 1.74. The number of benzene rings is 2. The second kappa shape index (κ2) is 11.1. The van der Waals surface area contributed by atoms with E-state index in [9.17, 15) is 15.0 Å². The number of aliphatic hydroxyl groups is 1. The first-order valence-corrected chi connectivity index (χ1v) is 11.4. The van der Waals surface area contributed by atoms with Crippen LogP contribution in [0.2, 0.25) is 0 Å². The molecule has 0 aliphatic rings. The van der Waals surface area contributed by atoms with Crippen molar-refractivity contribution < 1.29 is 15.0 Å². The van der Waals surface area contributed by atoms with Crippen molar-refractivity contribution in [2.75, 3.05) is 19.3 Å². The van der Waals surface area contributed by atoms with Crippen LogP contribution in [0, 0.1) is 0 Å². The minimum atomic E-state index is -0.684. The van der Waals surface area contributed by atoms with Crippen LogP contribution in [-0.4, -0.2) is 45.1 Å². The molecular formula is C27H34N4O3. The molecule has 7 nitrogen and oxygen atoms in total. The summed E-state index contributed by atoms with van der Waals surface area (Å²) in [5, 5.41) is 23.8. The molecule has 3 rings (SSSR count). The van der Waals surface area contributed by atoms with Gasteiger partial charge in [-0.25, -0.2) is 4.98 Å². The summed E-state index contributed by atoms with van der Waals surface area (Å²) in [4.78, 5) is 18.4. The first-order valence-electron chi connectivity index (χ1n) is 11.4. The number of phenols is 1. The number of aliphatic hydroxyl groups excluding tert-OH is 1. The Morgan fingerprint density at radius 1 is 1.12 bits per heavy atom. The molecule has 0 aliphatic carbocycles. The van der Waals surface area contributed by atoms with Gasteiger partial charge < -0.3 is 26.2 Å². The van der Waals surface area contributed by atoms with Gasteiger partial charge in [-0.05, 0) is 43.5 Å². The van der Waals surface area contributed by atoms with Crippen LogP contribution in [0.15, 0.2) is 66.9 Å². The van der Waals surface area contributed by atoms with Crippen LogP contribution in [0.4, 0.5) is 5.82 Å². The van der Waals surface area contributed by atoms with Crippen molar-refractivity contribution in [2.24, 2.45) is 0 Å². The van der Waals surface area contributed by atoms with Crippen molar-refractivity contribution >= 4 is 11.7 Å². The third-order valence-electron chi connectivity index (χ3n) is 5.79. The molecule has 0 saturated heterocycles. The van der Waals surface area contributed by atoms with Crippen LogP contribution in [-0.2, 0) is 24.2 Å². The lowest BCUT2D eigenvalue weighted by atomic mass is 9.93. The third kappa shape index (κ3) is 7.30. The van der Waals surface area contributed by atoms with Crippen molar-refractivity contribution in [3.8, 4) is 5.75 Å². The zero-order valence-corrected chi connectivity index (χ0v) is 20.0. The minimum absolute atomic E-state index is 0.0157. The monoisotopic (exact) mass is 462 g/mol. The molecule has 1 heterocycles. The Balaban J connectivity index is 1.55. The molecular weight excluding hydrogens is 428 g/mol. The molecule has 0 saturated carbocycles. The molecule has 1 aromatic heterocycles. The van der Waals surface area contributed by atoms with Crippen LogP contribution >= 0.6 is 0 Å². The number of nitrogens with one attached hydrogen (secondary N) is 1. The highest BCUT2D eigenvalue weighted by atomic mass is 16.3. The Bertz CT molecular complexity index is 1100. The summed E-state index contributed by atoms with van der Waals surface area (Å²) in [6.07, 6.45) is 1.92. The SMILES string of the molecule is CN(Cc1ccccc1O)C(=O)Cc1cccc(CC(C)(C)NC[C@H](O)c2ccc(N)nc2)c1. The number of anilines is 1. The van der Waals surface area contributed by atoms with E-state index in [1.807, 2.05) is 30.3 Å². The average Bonchev–Trinajstić information content (AvgIpc) is 2.79. The maximum atomic E-state index is 12.7. The van der Waals surface area contributed by atoms with Gasteiger partial charge in [-0.3, -0.25) is 4.79 Å². The molecule has 0 fully saturated rings. The Morgan fingerprint density at radius 2 is 1.85 bits per heavy atom. The number of β-amino-alcohol motifs (C(OH)–C–C–N with tert-alkyl or cyclic N) is 1. The lowest BCUT2D eigenvalue weighted by Crippen LogP contribution is -2.43. The Morgan fingerprint density at radius 3 is 2.56 bits per heavy atom. The number of likely N-dealkylation sites (N-methyl/N-ethyl adjacent to an activating group) is 1. The molecule has 3 aromatic rings. The average molecular weight is 463 g/mol. The number of aromatic nitrogens is 1. The second-order valence-corrected chi connectivity index (χ2v) is 9.35. The number of nitrogens with zero attached hydrogens (tertiary/aromatic N) is 2. The number of amides is 1. The number of phenolic OH excluding ortho intramolecular Hbond substituents is 1. The number of carbonyl (C=O) groups excluding carboxylic acids is 1. The third-order valence-corrected chi connectivity index (χ3v) is 5.79. The molecule has 0 aliphatic heterocycles. The van der Waals surface area contributed by atoms with E-state index < -0.39 is 6.10 Å². The number of hydrogen-bond acceptors (Lipinski definition) is 6. The van der Waals surface area contributed by atoms with Crippen molar-refractivity contribution in [1.82, 2.24) is 15.2 Å². The fraction of sp³-hybridized carbons (Fsp3) is 0.333. The predicted octanol–water partition coefficient (Wildman–Crippen LogP) is 3.21. The number of nitrogen functional groups attached to an aromatic ring is 1. The van der Waals surface area contributed by atoms with Gasteiger partial charge in [0.05, 0.1) is 12.5 Å². The van der Waals surface area contributed by atoms with E-state index in [0.717, 1.165) is 23.1 Å². The van der Waals surface area contributed by atoms with E-state index in [-0.39, 0.29) is 23.6 Å². The number of nitrogens with two attached hydrogens (primary N) is 1. The van der Waals surface area contributed by atoms with Gasteiger partial charge in [0.25, 0.3) is 0 Å². The van der Waals surface area contributed by atoms with Gasteiger partial charge in [-0.1, -0.05) is 48.5 Å². The summed E-state index contributed by atoms with van der Waals surface area (Å²) >= 11 is 0. The lowest BCUT2D eigenvalue weighted by molar-refractivity contribution is -0.129. The number of rotatable bonds is 10. The first-order chi connectivity index (χ1) is 16.1. The molecule has 1 atom stereocenters. The topological polar surface area (TPSA) is 112 Å². The largest absolute Gasteiger partial charge is 0.508 e. The smallest absolute Gasteiger partial charge is 0.227 e. The molecule has 1 amide bonds. The number of aromatic hydroxyl groups is 1. The maximum absolute atomic E-state index is 12.7. The molecule has 180 valence electrons. The van der Waals surface area contributed by atoms with Crippen LogP contribution < -0.4 is 11.1 Å². The molecule has 7 heteroatoms. The molecule has 5 N–H and O–H groups in total. The summed E-state index contributed by atoms with van der Waals surface area (Å²) in [5.74, 6) is 0.599. The standard InChI is InChI=1S/C27H34N4O3/c1-27(2,30-17-24(33)21-11-12-25(28)29-16-21)15-20-8-6-7-19(13-20)14-26(34)31(3)18-22-9-4-5-10-23(22)32/h4-13,16,24,30,32-33H,14-15,17-18H2,1-3H3,(H2,28,29)/t24-/m0/s1. The van der Waals surface area contributed by atoms with Crippen molar-refractivity contribution in [1.29, 1.82) is 0 Å². The van der Waals surface area contributed by atoms with Crippen LogP contribution in [0.1, 0.15) is 42.2 Å². The highest BCUT2D eigenvalue weighted by Crippen LogP contribution is 2.19. The van der Waals surface area contributed by atoms with E-state index in [2.05, 4.69) is 30.2 Å². The lowest BCUT2D eigenvalue weighted by Gasteiger charge is -2.28. The maximum Gasteiger partial charge on any atom is 0.227 e. The molecule has 0 spiro atoms. The van der Waals surface area contributed by atoms with Crippen molar-refractivity contribution in [2.45, 2.75) is 44.9 Å². The fourth-order valence-corrected chi connectivity index (χ4v) is 3.82. The number of hydrogen-bond donors (Lipinski definition) is 4. The Labute approximate surface area is 201 Å². The van der Waals surface area contributed by atoms with Gasteiger partial charge in [-0.15, -0.1) is 0 Å². The zero-order valence-electron chi connectivity index (χ0n) is 20.0. The quantitative estimate of drug-likeness (QED) is 0.368. The Kier molecular flexibility index (Phi) is 8.26. The summed E-state index contributed by atoms with van der Waals surface area (Å²) in [6.45, 7) is 4.90. The molecule has 0 bridgehead atoms. The number of para-hydroxylation sites is 1. The van der Waals surface area contributed by atoms with E-state index in [4.69, 9.17) is 5.73 Å². The molecule has 0 radical (unpaired) electrons. The number of pyridine rings is 1. The summed E-state index contributed by atoms with van der Waals surface area (Å²) < 4.78 is 0. The fourth-order valence-electron chi connectivity index (χ4n) is 3.82. The van der Waals surface area contributed by atoms with Gasteiger partial charge >= 0.3 is 0 Å². The van der Waals surface area contributed by atoms with Gasteiger partial charge in [0, 0.05) is 43.0 Å². The minimum Gasteiger partial charge on any atom is -0.508 e. The summed E-state index contributed by atoms with van der Waals surface area (Å²) in [5.41, 5.74) is 8.82. The van der Waals surface area contributed by atoms with Crippen LogP contribution in [0.25, 0.3) is 0 Å². The molecule has 34 heavy (non-hydrogen) atoms. The van der Waals surface area contributed by atoms with Gasteiger partial charge in [0.15, 0.2) is 0 Å². The van der Waals surface area contributed by atoms with Crippen molar-refractivity contribution in [3.05, 3.63) is 89.1 Å². The predicted molar refractivity (Wildman–Crippen MR) is 134 cm³/mol. The van der Waals surface area contributed by atoms with E-state index in [0.29, 0.717) is 24.5 Å². The van der Waals surface area contributed by atoms with Gasteiger partial charge in [-0.2, -0.15) is 0 Å². The van der Waals surface area contributed by atoms with Crippen LogP contribution in [0.5, 0.6) is 5.75 Å². The van der Waals surface area contributed by atoms with E-state index in [1.165, 1.54) is 0 Å². The Hall–Kier alpha value is -3.42. The zero-order chi connectivity index (χ0) is 24.7. The molecule has 2 aromatic carbocycles. The summed E-state index contributed by atoms with van der Waals surface area (Å²) in [6, 6.07) is 18.5. The van der Waals surface area contributed by atoms with E-state index >= 15 is 0 Å². The highest BCUT2D eigenvalue weighted by Gasteiger charge is 2.20. The van der Waals surface area contributed by atoms with Crippen molar-refractivity contribution in [3.63, 3.8) is 0 Å². The van der Waals surface area contributed by atoms with Gasteiger partial charge in [0.1, 0.15) is 11.6 Å².